The molecule has 1 aromatic rings. The van der Waals surface area contributed by atoms with E-state index in [1.54, 1.807) is 4.90 Å². The standard InChI is InChI=1S/C18H23F3N4O2/c19-18(20,21)15-4-2-1-3-14(15)17(27)23-11-16(26)25-8-5-13(12-25)24-9-6-22-7-10-24/h1-4,13,22H,5-12H2,(H,23,27). The number of carbonyl (C=O) groups excluding carboxylic acids is 2. The fourth-order valence-electron chi connectivity index (χ4n) is 3.60. The number of carbonyl (C=O) groups is 2. The number of piperazine rings is 1. The van der Waals surface area contributed by atoms with Crippen LogP contribution in [0.2, 0.25) is 0 Å². The normalized spacial score (nSPS) is 21.3. The highest BCUT2D eigenvalue weighted by molar-refractivity contribution is 5.97. The summed E-state index contributed by atoms with van der Waals surface area (Å²) < 4.78 is 39.0. The lowest BCUT2D eigenvalue weighted by atomic mass is 10.1. The molecule has 2 N–H and O–H groups in total. The van der Waals surface area contributed by atoms with Gasteiger partial charge in [0.05, 0.1) is 17.7 Å². The number of rotatable bonds is 4. The van der Waals surface area contributed by atoms with E-state index in [-0.39, 0.29) is 12.5 Å². The van der Waals surface area contributed by atoms with Gasteiger partial charge < -0.3 is 15.5 Å². The van der Waals surface area contributed by atoms with Crippen LogP contribution >= 0.6 is 0 Å². The molecule has 0 aliphatic carbocycles. The van der Waals surface area contributed by atoms with Gasteiger partial charge >= 0.3 is 6.18 Å². The van der Waals surface area contributed by atoms with Gasteiger partial charge in [0.2, 0.25) is 5.91 Å². The van der Waals surface area contributed by atoms with Crippen LogP contribution < -0.4 is 10.6 Å². The van der Waals surface area contributed by atoms with E-state index in [9.17, 15) is 22.8 Å². The summed E-state index contributed by atoms with van der Waals surface area (Å²) in [5.41, 5.74) is -1.48. The molecule has 3 rings (SSSR count). The van der Waals surface area contributed by atoms with Gasteiger partial charge in [0, 0.05) is 45.3 Å². The topological polar surface area (TPSA) is 64.7 Å². The molecule has 148 valence electrons. The molecule has 0 radical (unpaired) electrons. The molecule has 2 aliphatic rings. The second-order valence-electron chi connectivity index (χ2n) is 6.79. The van der Waals surface area contributed by atoms with Crippen LogP contribution in [0.3, 0.4) is 0 Å². The van der Waals surface area contributed by atoms with Crippen LogP contribution in [0.5, 0.6) is 0 Å². The average molecular weight is 384 g/mol. The lowest BCUT2D eigenvalue weighted by Gasteiger charge is -2.32. The summed E-state index contributed by atoms with van der Waals surface area (Å²) in [6.45, 7) is 4.63. The largest absolute Gasteiger partial charge is 0.417 e. The zero-order chi connectivity index (χ0) is 19.4. The Balaban J connectivity index is 1.53. The van der Waals surface area contributed by atoms with Crippen molar-refractivity contribution in [3.63, 3.8) is 0 Å². The molecule has 9 heteroatoms. The van der Waals surface area contributed by atoms with Gasteiger partial charge in [-0.05, 0) is 18.6 Å². The van der Waals surface area contributed by atoms with Crippen molar-refractivity contribution < 1.29 is 22.8 Å². The molecule has 27 heavy (non-hydrogen) atoms. The van der Waals surface area contributed by atoms with Crippen molar-refractivity contribution in [1.29, 1.82) is 0 Å². The first kappa shape index (κ1) is 19.6. The minimum atomic E-state index is -4.62. The number of nitrogens with one attached hydrogen (secondary N) is 2. The fraction of sp³-hybridized carbons (Fsp3) is 0.556. The maximum absolute atomic E-state index is 13.0. The first-order valence-corrected chi connectivity index (χ1v) is 9.03. The van der Waals surface area contributed by atoms with Crippen molar-refractivity contribution in [2.45, 2.75) is 18.6 Å². The Hall–Kier alpha value is -2.13. The SMILES string of the molecule is O=C(NCC(=O)N1CCC(N2CCNCC2)C1)c1ccccc1C(F)(F)F. The van der Waals surface area contributed by atoms with Crippen molar-refractivity contribution in [2.24, 2.45) is 0 Å². The van der Waals surface area contributed by atoms with Crippen LogP contribution in [0, 0.1) is 0 Å². The zero-order valence-corrected chi connectivity index (χ0v) is 14.9. The van der Waals surface area contributed by atoms with Crippen LogP contribution in [0.25, 0.3) is 0 Å². The molecular formula is C18H23F3N4O2. The summed E-state index contributed by atoms with van der Waals surface area (Å²) in [4.78, 5) is 28.5. The molecule has 0 aromatic heterocycles. The van der Waals surface area contributed by atoms with Crippen LogP contribution in [0.15, 0.2) is 24.3 Å². The van der Waals surface area contributed by atoms with E-state index in [1.165, 1.54) is 12.1 Å². The van der Waals surface area contributed by atoms with Gasteiger partial charge in [0.25, 0.3) is 5.91 Å². The van der Waals surface area contributed by atoms with E-state index in [4.69, 9.17) is 0 Å². The molecule has 1 aromatic carbocycles. The highest BCUT2D eigenvalue weighted by Gasteiger charge is 2.35. The Labute approximate surface area is 155 Å². The molecule has 0 saturated carbocycles. The Bertz CT molecular complexity index is 689. The Morgan fingerprint density at radius 2 is 1.85 bits per heavy atom. The minimum absolute atomic E-state index is 0.273. The molecule has 0 spiro atoms. The quantitative estimate of drug-likeness (QED) is 0.811. The molecular weight excluding hydrogens is 361 g/mol. The summed E-state index contributed by atoms with van der Waals surface area (Å²) >= 11 is 0. The van der Waals surface area contributed by atoms with Crippen LogP contribution in [-0.2, 0) is 11.0 Å². The highest BCUT2D eigenvalue weighted by atomic mass is 19.4. The third-order valence-electron chi connectivity index (χ3n) is 5.06. The molecule has 1 unspecified atom stereocenters. The van der Waals surface area contributed by atoms with Crippen molar-refractivity contribution in [1.82, 2.24) is 20.4 Å². The van der Waals surface area contributed by atoms with E-state index in [1.807, 2.05) is 0 Å². The van der Waals surface area contributed by atoms with Crippen molar-refractivity contribution in [2.75, 3.05) is 45.8 Å². The van der Waals surface area contributed by atoms with E-state index in [0.29, 0.717) is 19.1 Å². The monoisotopic (exact) mass is 384 g/mol. The Morgan fingerprint density at radius 3 is 2.56 bits per heavy atom. The first-order valence-electron chi connectivity index (χ1n) is 9.03. The molecule has 2 saturated heterocycles. The van der Waals surface area contributed by atoms with Gasteiger partial charge in [-0.2, -0.15) is 13.2 Å². The maximum atomic E-state index is 13.0. The van der Waals surface area contributed by atoms with Gasteiger partial charge in [-0.3, -0.25) is 14.5 Å². The van der Waals surface area contributed by atoms with E-state index >= 15 is 0 Å². The third-order valence-corrected chi connectivity index (χ3v) is 5.06. The number of alkyl halides is 3. The number of hydrogen-bond donors (Lipinski definition) is 2. The first-order chi connectivity index (χ1) is 12.9. The molecule has 6 nitrogen and oxygen atoms in total. The van der Waals surface area contributed by atoms with Crippen LogP contribution in [0.1, 0.15) is 22.3 Å². The molecule has 2 amide bonds. The second kappa shape index (κ2) is 8.26. The Morgan fingerprint density at radius 1 is 1.15 bits per heavy atom. The third kappa shape index (κ3) is 4.78. The summed E-state index contributed by atoms with van der Waals surface area (Å²) in [7, 11) is 0. The number of likely N-dealkylation sites (tertiary alicyclic amines) is 1. The number of halogens is 3. The zero-order valence-electron chi connectivity index (χ0n) is 14.9. The van der Waals surface area contributed by atoms with Gasteiger partial charge in [-0.1, -0.05) is 12.1 Å². The number of nitrogens with zero attached hydrogens (tertiary/aromatic N) is 2. The van der Waals surface area contributed by atoms with Gasteiger partial charge in [-0.25, -0.2) is 0 Å². The predicted molar refractivity (Wildman–Crippen MR) is 93.2 cm³/mol. The molecule has 0 bridgehead atoms. The number of benzene rings is 1. The summed E-state index contributed by atoms with van der Waals surface area (Å²) in [5, 5.41) is 5.61. The maximum Gasteiger partial charge on any atom is 0.417 e. The Kier molecular flexibility index (Phi) is 6.01. The van der Waals surface area contributed by atoms with Gasteiger partial charge in [-0.15, -0.1) is 0 Å². The highest BCUT2D eigenvalue weighted by Crippen LogP contribution is 2.31. The second-order valence-corrected chi connectivity index (χ2v) is 6.79. The lowest BCUT2D eigenvalue weighted by molar-refractivity contribution is -0.137. The van der Waals surface area contributed by atoms with E-state index in [2.05, 4.69) is 15.5 Å². The lowest BCUT2D eigenvalue weighted by Crippen LogP contribution is -2.49. The van der Waals surface area contributed by atoms with E-state index < -0.39 is 23.2 Å². The summed E-state index contributed by atoms with van der Waals surface area (Å²) in [5.74, 6) is -1.17. The fourth-order valence-corrected chi connectivity index (χ4v) is 3.60. The molecule has 1 atom stereocenters. The number of amides is 2. The molecule has 2 aliphatic heterocycles. The van der Waals surface area contributed by atoms with Gasteiger partial charge in [0.15, 0.2) is 0 Å². The van der Waals surface area contributed by atoms with Gasteiger partial charge in [0.1, 0.15) is 0 Å². The smallest absolute Gasteiger partial charge is 0.343 e. The number of hydrogen-bond acceptors (Lipinski definition) is 4. The predicted octanol–water partition coefficient (Wildman–Crippen LogP) is 0.941. The summed E-state index contributed by atoms with van der Waals surface area (Å²) in [6, 6.07) is 4.86. The van der Waals surface area contributed by atoms with Crippen LogP contribution in [0.4, 0.5) is 13.2 Å². The summed E-state index contributed by atoms with van der Waals surface area (Å²) in [6.07, 6.45) is -3.75. The van der Waals surface area contributed by atoms with Crippen molar-refractivity contribution >= 4 is 11.8 Å². The van der Waals surface area contributed by atoms with Crippen molar-refractivity contribution in [3.8, 4) is 0 Å². The molecule has 2 heterocycles. The minimum Gasteiger partial charge on any atom is -0.343 e. The average Bonchev–Trinajstić information content (AvgIpc) is 3.16. The molecule has 2 fully saturated rings. The van der Waals surface area contributed by atoms with Crippen LogP contribution in [-0.4, -0.2) is 73.5 Å². The van der Waals surface area contributed by atoms with E-state index in [0.717, 1.165) is 44.7 Å². The van der Waals surface area contributed by atoms with Crippen molar-refractivity contribution in [3.05, 3.63) is 35.4 Å².